The first-order valence-electron chi connectivity index (χ1n) is 8.44. The Bertz CT molecular complexity index is 713. The highest BCUT2D eigenvalue weighted by Gasteiger charge is 2.22. The monoisotopic (exact) mass is 360 g/mol. The quantitative estimate of drug-likeness (QED) is 0.727. The third kappa shape index (κ3) is 5.39. The van der Waals surface area contributed by atoms with E-state index in [1.165, 1.54) is 18.4 Å². The van der Waals surface area contributed by atoms with E-state index in [1.807, 2.05) is 37.3 Å². The van der Waals surface area contributed by atoms with E-state index < -0.39 is 6.04 Å². The summed E-state index contributed by atoms with van der Waals surface area (Å²) in [4.78, 5) is 29.5. The molecule has 0 bridgehead atoms. The van der Waals surface area contributed by atoms with Crippen molar-refractivity contribution >= 4 is 23.2 Å². The molecule has 2 aromatic rings. The second-order valence-electron chi connectivity index (χ2n) is 5.84. The lowest BCUT2D eigenvalue weighted by Gasteiger charge is -2.18. The molecule has 0 radical (unpaired) electrons. The first kappa shape index (κ1) is 19.1. The molecule has 1 heterocycles. The molecule has 134 valence electrons. The van der Waals surface area contributed by atoms with Crippen LogP contribution < -0.4 is 5.32 Å². The summed E-state index contributed by atoms with van der Waals surface area (Å²) in [6.45, 7) is 3.98. The standard InChI is InChI=1S/C19H24N2O3S/c1-4-5-11-16-20-13(2)18(25-16)19(23)21-15(12-17(22)24-3)14-9-7-6-8-10-14/h6-10,15H,4-5,11-12H2,1-3H3,(H,21,23). The molecule has 0 aliphatic heterocycles. The average molecular weight is 360 g/mol. The lowest BCUT2D eigenvalue weighted by Crippen LogP contribution is -2.30. The Morgan fingerprint density at radius 2 is 2.00 bits per heavy atom. The number of esters is 1. The summed E-state index contributed by atoms with van der Waals surface area (Å²) < 4.78 is 4.76. The van der Waals surface area contributed by atoms with Gasteiger partial charge in [-0.3, -0.25) is 9.59 Å². The maximum absolute atomic E-state index is 12.7. The van der Waals surface area contributed by atoms with Crippen LogP contribution in [0.25, 0.3) is 0 Å². The maximum atomic E-state index is 12.7. The normalized spacial score (nSPS) is 11.8. The van der Waals surface area contributed by atoms with E-state index in [2.05, 4.69) is 17.2 Å². The molecule has 0 saturated carbocycles. The summed E-state index contributed by atoms with van der Waals surface area (Å²) in [5.74, 6) is -0.561. The van der Waals surface area contributed by atoms with Crippen molar-refractivity contribution in [3.8, 4) is 0 Å². The van der Waals surface area contributed by atoms with Crippen molar-refractivity contribution in [3.63, 3.8) is 0 Å². The van der Waals surface area contributed by atoms with Crippen LogP contribution in [0.3, 0.4) is 0 Å². The van der Waals surface area contributed by atoms with E-state index >= 15 is 0 Å². The Morgan fingerprint density at radius 1 is 1.28 bits per heavy atom. The molecule has 0 spiro atoms. The van der Waals surface area contributed by atoms with Crippen LogP contribution in [0, 0.1) is 6.92 Å². The first-order valence-corrected chi connectivity index (χ1v) is 9.25. The average Bonchev–Trinajstić information content (AvgIpc) is 3.00. The fraction of sp³-hybridized carbons (Fsp3) is 0.421. The number of unbranched alkanes of at least 4 members (excludes halogenated alkanes) is 1. The van der Waals surface area contributed by atoms with Gasteiger partial charge in [0.25, 0.3) is 5.91 Å². The second kappa shape index (κ2) is 9.32. The number of nitrogens with one attached hydrogen (secondary N) is 1. The number of nitrogens with zero attached hydrogens (tertiary/aromatic N) is 1. The number of hydrogen-bond donors (Lipinski definition) is 1. The van der Waals surface area contributed by atoms with Crippen molar-refractivity contribution in [1.29, 1.82) is 0 Å². The lowest BCUT2D eigenvalue weighted by atomic mass is 10.0. The van der Waals surface area contributed by atoms with Gasteiger partial charge in [-0.25, -0.2) is 4.98 Å². The van der Waals surface area contributed by atoms with Crippen LogP contribution in [-0.4, -0.2) is 24.0 Å². The highest BCUT2D eigenvalue weighted by Crippen LogP contribution is 2.23. The van der Waals surface area contributed by atoms with Gasteiger partial charge in [0.1, 0.15) is 4.88 Å². The van der Waals surface area contributed by atoms with Gasteiger partial charge in [-0.05, 0) is 25.3 Å². The fourth-order valence-electron chi connectivity index (χ4n) is 2.51. The molecule has 1 amide bonds. The predicted octanol–water partition coefficient (Wildman–Crippen LogP) is 3.83. The van der Waals surface area contributed by atoms with E-state index in [0.717, 1.165) is 35.5 Å². The number of carbonyl (C=O) groups is 2. The number of hydrogen-bond acceptors (Lipinski definition) is 5. The van der Waals surface area contributed by atoms with Gasteiger partial charge in [0, 0.05) is 0 Å². The van der Waals surface area contributed by atoms with Crippen LogP contribution in [-0.2, 0) is 16.0 Å². The Labute approximate surface area is 152 Å². The highest BCUT2D eigenvalue weighted by molar-refractivity contribution is 7.13. The zero-order valence-electron chi connectivity index (χ0n) is 14.9. The minimum Gasteiger partial charge on any atom is -0.469 e. The van der Waals surface area contributed by atoms with Gasteiger partial charge in [-0.2, -0.15) is 0 Å². The van der Waals surface area contributed by atoms with Gasteiger partial charge in [0.2, 0.25) is 0 Å². The van der Waals surface area contributed by atoms with Crippen LogP contribution in [0.5, 0.6) is 0 Å². The number of amides is 1. The minimum atomic E-state index is -0.429. The molecule has 1 aromatic heterocycles. The summed E-state index contributed by atoms with van der Waals surface area (Å²) in [5, 5.41) is 3.94. The van der Waals surface area contributed by atoms with Gasteiger partial charge in [0.05, 0.1) is 30.3 Å². The van der Waals surface area contributed by atoms with E-state index in [0.29, 0.717) is 4.88 Å². The molecule has 0 aliphatic carbocycles. The number of aromatic nitrogens is 1. The zero-order valence-corrected chi connectivity index (χ0v) is 15.7. The van der Waals surface area contributed by atoms with E-state index in [4.69, 9.17) is 4.74 Å². The van der Waals surface area contributed by atoms with Crippen LogP contribution in [0.4, 0.5) is 0 Å². The van der Waals surface area contributed by atoms with Crippen molar-refractivity contribution < 1.29 is 14.3 Å². The van der Waals surface area contributed by atoms with Gasteiger partial charge in [0.15, 0.2) is 0 Å². The van der Waals surface area contributed by atoms with Gasteiger partial charge >= 0.3 is 5.97 Å². The van der Waals surface area contributed by atoms with Crippen molar-refractivity contribution in [2.45, 2.75) is 45.6 Å². The predicted molar refractivity (Wildman–Crippen MR) is 98.7 cm³/mol. The summed E-state index contributed by atoms with van der Waals surface area (Å²) in [7, 11) is 1.35. The Hall–Kier alpha value is -2.21. The molecule has 5 nitrogen and oxygen atoms in total. The van der Waals surface area contributed by atoms with Gasteiger partial charge in [-0.15, -0.1) is 11.3 Å². The summed E-state index contributed by atoms with van der Waals surface area (Å²) in [5.41, 5.74) is 1.60. The van der Waals surface area contributed by atoms with Crippen LogP contribution in [0.2, 0.25) is 0 Å². The van der Waals surface area contributed by atoms with Crippen molar-refractivity contribution in [1.82, 2.24) is 10.3 Å². The zero-order chi connectivity index (χ0) is 18.2. The molecule has 0 fully saturated rings. The Morgan fingerprint density at radius 3 is 2.64 bits per heavy atom. The summed E-state index contributed by atoms with van der Waals surface area (Å²) >= 11 is 1.43. The first-order chi connectivity index (χ1) is 12.0. The van der Waals surface area contributed by atoms with Crippen molar-refractivity contribution in [2.24, 2.45) is 0 Å². The van der Waals surface area contributed by atoms with Crippen LogP contribution >= 0.6 is 11.3 Å². The smallest absolute Gasteiger partial charge is 0.307 e. The van der Waals surface area contributed by atoms with Crippen molar-refractivity contribution in [2.75, 3.05) is 7.11 Å². The molecule has 1 N–H and O–H groups in total. The molecule has 0 saturated heterocycles. The fourth-order valence-corrected chi connectivity index (χ4v) is 3.52. The number of thiazole rings is 1. The minimum absolute atomic E-state index is 0.0901. The van der Waals surface area contributed by atoms with Crippen molar-refractivity contribution in [3.05, 3.63) is 51.5 Å². The van der Waals surface area contributed by atoms with Crippen LogP contribution in [0.15, 0.2) is 30.3 Å². The molecule has 1 atom stereocenters. The third-order valence-corrected chi connectivity index (χ3v) is 5.11. The molecule has 6 heteroatoms. The molecule has 1 unspecified atom stereocenters. The molecular formula is C19H24N2O3S. The maximum Gasteiger partial charge on any atom is 0.307 e. The number of aryl methyl sites for hydroxylation is 2. The topological polar surface area (TPSA) is 68.3 Å². The van der Waals surface area contributed by atoms with Gasteiger partial charge in [-0.1, -0.05) is 43.7 Å². The van der Waals surface area contributed by atoms with Gasteiger partial charge < -0.3 is 10.1 Å². The second-order valence-corrected chi connectivity index (χ2v) is 6.93. The lowest BCUT2D eigenvalue weighted by molar-refractivity contribution is -0.141. The van der Waals surface area contributed by atoms with E-state index in [-0.39, 0.29) is 18.3 Å². The third-order valence-electron chi connectivity index (χ3n) is 3.90. The summed E-state index contributed by atoms with van der Waals surface area (Å²) in [6, 6.07) is 9.01. The Kier molecular flexibility index (Phi) is 7.13. The number of carbonyl (C=O) groups excluding carboxylic acids is 2. The number of ether oxygens (including phenoxy) is 1. The number of benzene rings is 1. The molecule has 1 aromatic carbocycles. The molecule has 0 aliphatic rings. The molecular weight excluding hydrogens is 336 g/mol. The van der Waals surface area contributed by atoms with E-state index in [9.17, 15) is 9.59 Å². The SMILES string of the molecule is CCCCc1nc(C)c(C(=O)NC(CC(=O)OC)c2ccccc2)s1. The number of rotatable bonds is 8. The Balaban J connectivity index is 2.16. The summed E-state index contributed by atoms with van der Waals surface area (Å²) in [6.07, 6.45) is 3.13. The molecule has 25 heavy (non-hydrogen) atoms. The number of methoxy groups -OCH3 is 1. The van der Waals surface area contributed by atoms with E-state index in [1.54, 1.807) is 0 Å². The molecule has 2 rings (SSSR count). The van der Waals surface area contributed by atoms with Crippen LogP contribution in [0.1, 0.15) is 58.2 Å². The largest absolute Gasteiger partial charge is 0.469 e. The highest BCUT2D eigenvalue weighted by atomic mass is 32.1.